The van der Waals surface area contributed by atoms with Crippen molar-refractivity contribution in [3.8, 4) is 5.75 Å². The molecule has 0 bridgehead atoms. The number of rotatable bonds is 8. The lowest BCUT2D eigenvalue weighted by molar-refractivity contribution is -0.142. The highest BCUT2D eigenvalue weighted by Crippen LogP contribution is 2.19. The second-order valence-corrected chi connectivity index (χ2v) is 6.64. The predicted octanol–water partition coefficient (Wildman–Crippen LogP) is 3.24. The zero-order chi connectivity index (χ0) is 19.8. The largest absolute Gasteiger partial charge is 0.483 e. The van der Waals surface area contributed by atoms with Gasteiger partial charge in [-0.05, 0) is 50.5 Å². The smallest absolute Gasteiger partial charge is 0.261 e. The van der Waals surface area contributed by atoms with Crippen molar-refractivity contribution in [2.45, 2.75) is 40.3 Å². The van der Waals surface area contributed by atoms with E-state index in [4.69, 9.17) is 4.74 Å². The number of benzene rings is 2. The number of hydrogen-bond donors (Lipinski definition) is 1. The Balaban J connectivity index is 2.14. The van der Waals surface area contributed by atoms with Crippen LogP contribution in [0.25, 0.3) is 0 Å². The van der Waals surface area contributed by atoms with Crippen molar-refractivity contribution in [3.63, 3.8) is 0 Å². The quantitative estimate of drug-likeness (QED) is 0.778. The summed E-state index contributed by atoms with van der Waals surface area (Å²) in [6, 6.07) is 14.9. The highest BCUT2D eigenvalue weighted by molar-refractivity contribution is 5.87. The third-order valence-electron chi connectivity index (χ3n) is 4.41. The Hall–Kier alpha value is -2.82. The van der Waals surface area contributed by atoms with Gasteiger partial charge >= 0.3 is 0 Å². The molecule has 0 saturated carbocycles. The van der Waals surface area contributed by atoms with E-state index in [1.165, 1.54) is 0 Å². The molecule has 0 aliphatic heterocycles. The van der Waals surface area contributed by atoms with Gasteiger partial charge in [-0.3, -0.25) is 9.59 Å². The molecule has 27 heavy (non-hydrogen) atoms. The van der Waals surface area contributed by atoms with Crippen LogP contribution in [0.15, 0.2) is 48.5 Å². The molecule has 5 nitrogen and oxygen atoms in total. The van der Waals surface area contributed by atoms with Gasteiger partial charge in [0.25, 0.3) is 5.91 Å². The van der Waals surface area contributed by atoms with Crippen LogP contribution in [0.5, 0.6) is 5.75 Å². The number of nitrogens with zero attached hydrogens (tertiary/aromatic N) is 1. The number of likely N-dealkylation sites (N-methyl/N-ethyl adjacent to an activating group) is 1. The van der Waals surface area contributed by atoms with Crippen LogP contribution in [0.2, 0.25) is 0 Å². The molecule has 1 atom stereocenters. The fraction of sp³-hybridized carbons (Fsp3) is 0.364. The topological polar surface area (TPSA) is 58.6 Å². The van der Waals surface area contributed by atoms with Crippen LogP contribution >= 0.6 is 0 Å². The van der Waals surface area contributed by atoms with Crippen molar-refractivity contribution in [1.82, 2.24) is 10.2 Å². The molecule has 0 aliphatic rings. The summed E-state index contributed by atoms with van der Waals surface area (Å²) in [5, 5.41) is 2.78. The van der Waals surface area contributed by atoms with E-state index in [9.17, 15) is 9.59 Å². The Morgan fingerprint density at radius 1 is 1.11 bits per heavy atom. The molecule has 144 valence electrons. The summed E-state index contributed by atoms with van der Waals surface area (Å²) in [7, 11) is 0. The molecule has 0 radical (unpaired) electrons. The van der Waals surface area contributed by atoms with Crippen molar-refractivity contribution in [2.24, 2.45) is 0 Å². The highest BCUT2D eigenvalue weighted by Gasteiger charge is 2.26. The first kappa shape index (κ1) is 20.5. The summed E-state index contributed by atoms with van der Waals surface area (Å²) in [6.07, 6.45) is 0. The first-order valence-electron chi connectivity index (χ1n) is 9.23. The number of aryl methyl sites for hydroxylation is 2. The van der Waals surface area contributed by atoms with Gasteiger partial charge in [-0.25, -0.2) is 0 Å². The Bertz CT molecular complexity index is 774. The van der Waals surface area contributed by atoms with Gasteiger partial charge < -0.3 is 15.0 Å². The highest BCUT2D eigenvalue weighted by atomic mass is 16.5. The minimum Gasteiger partial charge on any atom is -0.483 e. The molecule has 0 spiro atoms. The lowest BCUT2D eigenvalue weighted by Crippen LogP contribution is -2.49. The molecule has 0 aromatic heterocycles. The third-order valence-corrected chi connectivity index (χ3v) is 4.41. The molecular formula is C22H28N2O3. The van der Waals surface area contributed by atoms with E-state index in [1.807, 2.05) is 69.3 Å². The maximum absolute atomic E-state index is 12.9. The predicted molar refractivity (Wildman–Crippen MR) is 107 cm³/mol. The first-order chi connectivity index (χ1) is 12.9. The van der Waals surface area contributed by atoms with E-state index in [-0.39, 0.29) is 18.4 Å². The van der Waals surface area contributed by atoms with Crippen molar-refractivity contribution in [1.29, 1.82) is 0 Å². The first-order valence-corrected chi connectivity index (χ1v) is 9.23. The second-order valence-electron chi connectivity index (χ2n) is 6.64. The van der Waals surface area contributed by atoms with Gasteiger partial charge in [0.05, 0.1) is 0 Å². The monoisotopic (exact) mass is 368 g/mol. The maximum atomic E-state index is 12.9. The summed E-state index contributed by atoms with van der Waals surface area (Å²) >= 11 is 0. The lowest BCUT2D eigenvalue weighted by atomic mass is 10.1. The third kappa shape index (κ3) is 5.84. The van der Waals surface area contributed by atoms with Crippen LogP contribution in [-0.4, -0.2) is 35.9 Å². The summed E-state index contributed by atoms with van der Waals surface area (Å²) in [6.45, 7) is 8.29. The van der Waals surface area contributed by atoms with Gasteiger partial charge in [0.1, 0.15) is 11.8 Å². The van der Waals surface area contributed by atoms with E-state index in [0.29, 0.717) is 18.8 Å². The normalized spacial score (nSPS) is 11.6. The molecule has 2 aromatic carbocycles. The molecule has 1 N–H and O–H groups in total. The molecule has 0 heterocycles. The van der Waals surface area contributed by atoms with Gasteiger partial charge in [0.15, 0.2) is 6.61 Å². The number of amides is 2. The molecule has 0 unspecified atom stereocenters. The van der Waals surface area contributed by atoms with Crippen LogP contribution in [0, 0.1) is 13.8 Å². The Kier molecular flexibility index (Phi) is 7.41. The summed E-state index contributed by atoms with van der Waals surface area (Å²) < 4.78 is 5.77. The van der Waals surface area contributed by atoms with Gasteiger partial charge in [-0.1, -0.05) is 42.5 Å². The van der Waals surface area contributed by atoms with Crippen molar-refractivity contribution in [3.05, 3.63) is 65.2 Å². The number of hydrogen-bond acceptors (Lipinski definition) is 3. The Morgan fingerprint density at radius 3 is 2.48 bits per heavy atom. The van der Waals surface area contributed by atoms with Crippen LogP contribution in [0.4, 0.5) is 0 Å². The van der Waals surface area contributed by atoms with Gasteiger partial charge in [0.2, 0.25) is 5.91 Å². The molecule has 0 aliphatic carbocycles. The van der Waals surface area contributed by atoms with Crippen LogP contribution in [0.1, 0.15) is 30.5 Å². The second kappa shape index (κ2) is 9.76. The fourth-order valence-electron chi connectivity index (χ4n) is 2.77. The summed E-state index contributed by atoms with van der Waals surface area (Å²) in [5.41, 5.74) is 3.01. The van der Waals surface area contributed by atoms with Crippen LogP contribution < -0.4 is 10.1 Å². The zero-order valence-electron chi connectivity index (χ0n) is 16.5. The minimum atomic E-state index is -0.583. The molecule has 2 amide bonds. The lowest BCUT2D eigenvalue weighted by Gasteiger charge is -2.28. The molecule has 2 rings (SSSR count). The van der Waals surface area contributed by atoms with Crippen LogP contribution in [0.3, 0.4) is 0 Å². The molecule has 0 saturated heterocycles. The standard InChI is InChI=1S/C22H28N2O3/c1-5-23-22(26)18(4)24(14-19-9-7-6-8-10-19)21(25)15-27-20-13-16(2)11-12-17(20)3/h6-13,18H,5,14-15H2,1-4H3,(H,23,26)/t18-/m0/s1. The van der Waals surface area contributed by atoms with Crippen LogP contribution in [-0.2, 0) is 16.1 Å². The number of carbonyl (C=O) groups is 2. The van der Waals surface area contributed by atoms with Gasteiger partial charge in [-0.2, -0.15) is 0 Å². The number of nitrogens with one attached hydrogen (secondary N) is 1. The minimum absolute atomic E-state index is 0.110. The maximum Gasteiger partial charge on any atom is 0.261 e. The van der Waals surface area contributed by atoms with E-state index >= 15 is 0 Å². The Morgan fingerprint density at radius 2 is 1.81 bits per heavy atom. The van der Waals surface area contributed by atoms with Gasteiger partial charge in [-0.15, -0.1) is 0 Å². The van der Waals surface area contributed by atoms with E-state index < -0.39 is 6.04 Å². The average Bonchev–Trinajstić information content (AvgIpc) is 2.67. The fourth-order valence-corrected chi connectivity index (χ4v) is 2.77. The average molecular weight is 368 g/mol. The molecule has 2 aromatic rings. The van der Waals surface area contributed by atoms with Gasteiger partial charge in [0, 0.05) is 13.1 Å². The van der Waals surface area contributed by atoms with Crippen molar-refractivity contribution < 1.29 is 14.3 Å². The van der Waals surface area contributed by atoms with E-state index in [1.54, 1.807) is 11.8 Å². The number of carbonyl (C=O) groups excluding carboxylic acids is 2. The molecular weight excluding hydrogens is 340 g/mol. The van der Waals surface area contributed by atoms with E-state index in [0.717, 1.165) is 16.7 Å². The Labute approximate surface area is 161 Å². The molecule has 0 fully saturated rings. The van der Waals surface area contributed by atoms with E-state index in [2.05, 4.69) is 5.32 Å². The van der Waals surface area contributed by atoms with Crippen molar-refractivity contribution >= 4 is 11.8 Å². The zero-order valence-corrected chi connectivity index (χ0v) is 16.5. The summed E-state index contributed by atoms with van der Waals surface area (Å²) in [5.74, 6) is 0.292. The van der Waals surface area contributed by atoms with Crippen molar-refractivity contribution in [2.75, 3.05) is 13.2 Å². The SMILES string of the molecule is CCNC(=O)[C@H](C)N(Cc1ccccc1)C(=O)COc1cc(C)ccc1C. The summed E-state index contributed by atoms with van der Waals surface area (Å²) in [4.78, 5) is 26.8. The number of ether oxygens (including phenoxy) is 1. The molecule has 5 heteroatoms.